The number of hydrogen-bond donors (Lipinski definition) is 0. The second-order valence-corrected chi connectivity index (χ2v) is 22.7. The average molecular weight is 1100 g/mol. The van der Waals surface area contributed by atoms with Crippen molar-refractivity contribution in [2.45, 2.75) is 348 Å². The van der Waals surface area contributed by atoms with Crippen molar-refractivity contribution < 1.29 is 28.6 Å². The first-order chi connectivity index (χ1) is 39.0. The molecule has 456 valence electrons. The Bertz CT molecular complexity index is 1500. The normalized spacial score (nSPS) is 12.6. The number of carbonyl (C=O) groups is 3. The highest BCUT2D eigenvalue weighted by Crippen LogP contribution is 2.17. The summed E-state index contributed by atoms with van der Waals surface area (Å²) >= 11 is 0. The fourth-order valence-electron chi connectivity index (χ4n) is 9.82. The molecule has 0 aromatic carbocycles. The molecule has 0 aliphatic heterocycles. The molecule has 0 aliphatic carbocycles. The Morgan fingerprint density at radius 3 is 0.823 bits per heavy atom. The van der Waals surface area contributed by atoms with Crippen molar-refractivity contribution in [3.63, 3.8) is 0 Å². The Morgan fingerprint density at radius 2 is 0.519 bits per heavy atom. The highest BCUT2D eigenvalue weighted by Gasteiger charge is 2.19. The maximum Gasteiger partial charge on any atom is 0.306 e. The highest BCUT2D eigenvalue weighted by molar-refractivity contribution is 5.71. The van der Waals surface area contributed by atoms with E-state index in [2.05, 4.69) is 99.8 Å². The Kier molecular flexibility index (Phi) is 64.2. The van der Waals surface area contributed by atoms with Crippen LogP contribution in [0.4, 0.5) is 0 Å². The third-order valence-electron chi connectivity index (χ3n) is 14.9. The lowest BCUT2D eigenvalue weighted by Crippen LogP contribution is -2.30. The second kappa shape index (κ2) is 67.1. The maximum absolute atomic E-state index is 12.9. The molecule has 6 nitrogen and oxygen atoms in total. The minimum absolute atomic E-state index is 0.103. The van der Waals surface area contributed by atoms with Gasteiger partial charge in [0.2, 0.25) is 0 Å². The molecular weight excluding hydrogens is 973 g/mol. The third kappa shape index (κ3) is 65.3. The molecule has 79 heavy (non-hydrogen) atoms. The smallest absolute Gasteiger partial charge is 0.306 e. The van der Waals surface area contributed by atoms with Gasteiger partial charge < -0.3 is 14.2 Å². The van der Waals surface area contributed by atoms with E-state index in [-0.39, 0.29) is 37.5 Å². The topological polar surface area (TPSA) is 78.9 Å². The summed E-state index contributed by atoms with van der Waals surface area (Å²) in [6.07, 6.45) is 89.0. The molecule has 0 aliphatic rings. The van der Waals surface area contributed by atoms with Gasteiger partial charge in [-0.15, -0.1) is 0 Å². The van der Waals surface area contributed by atoms with E-state index < -0.39 is 6.10 Å². The van der Waals surface area contributed by atoms with Crippen LogP contribution in [0.1, 0.15) is 342 Å². The van der Waals surface area contributed by atoms with Crippen LogP contribution in [0.15, 0.2) is 85.1 Å². The van der Waals surface area contributed by atoms with Gasteiger partial charge in [0.25, 0.3) is 0 Å². The molecule has 0 rings (SSSR count). The molecule has 0 bridgehead atoms. The lowest BCUT2D eigenvalue weighted by Gasteiger charge is -2.18. The largest absolute Gasteiger partial charge is 0.462 e. The molecule has 0 amide bonds. The van der Waals surface area contributed by atoms with E-state index in [0.717, 1.165) is 77.0 Å². The van der Waals surface area contributed by atoms with Crippen molar-refractivity contribution in [3.05, 3.63) is 85.1 Å². The summed E-state index contributed by atoms with van der Waals surface area (Å²) in [6.45, 7) is 6.52. The van der Waals surface area contributed by atoms with Gasteiger partial charge in [-0.1, -0.05) is 324 Å². The summed E-state index contributed by atoms with van der Waals surface area (Å²) in [7, 11) is 0. The molecule has 0 spiro atoms. The fourth-order valence-corrected chi connectivity index (χ4v) is 9.82. The number of rotatable bonds is 62. The summed E-state index contributed by atoms with van der Waals surface area (Å²) in [6, 6.07) is 0. The van der Waals surface area contributed by atoms with Gasteiger partial charge in [-0.2, -0.15) is 0 Å². The molecule has 1 atom stereocenters. The molecule has 0 aromatic heterocycles. The molecule has 0 saturated carbocycles. The van der Waals surface area contributed by atoms with Crippen LogP contribution in [0.3, 0.4) is 0 Å². The van der Waals surface area contributed by atoms with E-state index in [4.69, 9.17) is 14.2 Å². The van der Waals surface area contributed by atoms with Crippen molar-refractivity contribution in [2.75, 3.05) is 13.2 Å². The molecule has 0 heterocycles. The van der Waals surface area contributed by atoms with Gasteiger partial charge >= 0.3 is 17.9 Å². The van der Waals surface area contributed by atoms with Crippen molar-refractivity contribution >= 4 is 17.9 Å². The van der Waals surface area contributed by atoms with Gasteiger partial charge in [-0.3, -0.25) is 14.4 Å². The van der Waals surface area contributed by atoms with Crippen molar-refractivity contribution in [1.82, 2.24) is 0 Å². The Hall–Kier alpha value is -3.41. The minimum atomic E-state index is -0.817. The van der Waals surface area contributed by atoms with Gasteiger partial charge in [0.1, 0.15) is 13.2 Å². The van der Waals surface area contributed by atoms with Crippen LogP contribution in [0.25, 0.3) is 0 Å². The average Bonchev–Trinajstić information content (AvgIpc) is 3.45. The van der Waals surface area contributed by atoms with Crippen LogP contribution in [0.5, 0.6) is 0 Å². The summed E-state index contributed by atoms with van der Waals surface area (Å²) in [5.74, 6) is -0.970. The second-order valence-electron chi connectivity index (χ2n) is 22.7. The summed E-state index contributed by atoms with van der Waals surface area (Å²) in [5.41, 5.74) is 0. The standard InChI is InChI=1S/C73H128O6/c1-4-7-10-13-16-19-22-25-28-31-33-34-35-36-37-38-40-42-45-48-51-54-57-60-63-66-72(75)78-69-70(68-77-71(74)65-62-59-56-53-50-47-44-41-30-27-24-21-18-15-12-9-6-3)79-73(76)67-64-61-58-55-52-49-46-43-39-32-29-26-23-20-17-14-11-8-5-2/h8,11,17,20,26,29,31,33,39,43,49,52,58,61,70H,4-7,9-10,12-16,18-19,21-25,27-28,30,32,34-38,40-42,44-48,50-51,53-57,59-60,62-69H2,1-3H3/b11-8-,20-17-,29-26-,33-31-,43-39-,52-49-,61-58-. The Labute approximate surface area is 490 Å². The van der Waals surface area contributed by atoms with Crippen LogP contribution < -0.4 is 0 Å². The Morgan fingerprint density at radius 1 is 0.266 bits per heavy atom. The van der Waals surface area contributed by atoms with Crippen molar-refractivity contribution in [1.29, 1.82) is 0 Å². The first-order valence-electron chi connectivity index (χ1n) is 34.1. The predicted octanol–water partition coefficient (Wildman–Crippen LogP) is 23.4. The number of allylic oxidation sites excluding steroid dienone is 14. The number of hydrogen-bond acceptors (Lipinski definition) is 6. The SMILES string of the molecule is CC/C=C\C/C=C\C/C=C\C/C=C\C/C=C\C/C=C\CCC(=O)OC(COC(=O)CCCCCCCCCCCCCCC/C=C\CCCCCCCCCC)COC(=O)CCCCCCCCCCCCCCCCCCC. The molecule has 0 saturated heterocycles. The maximum atomic E-state index is 12.9. The zero-order valence-electron chi connectivity index (χ0n) is 52.4. The molecule has 0 aromatic rings. The van der Waals surface area contributed by atoms with Crippen molar-refractivity contribution in [2.24, 2.45) is 0 Å². The van der Waals surface area contributed by atoms with E-state index in [0.29, 0.717) is 19.3 Å². The third-order valence-corrected chi connectivity index (χ3v) is 14.9. The van der Waals surface area contributed by atoms with E-state index in [1.807, 2.05) is 6.08 Å². The lowest BCUT2D eigenvalue weighted by molar-refractivity contribution is -0.166. The number of ether oxygens (including phenoxy) is 3. The van der Waals surface area contributed by atoms with Gasteiger partial charge in [0.05, 0.1) is 0 Å². The fraction of sp³-hybridized carbons (Fsp3) is 0.767. The predicted molar refractivity (Wildman–Crippen MR) is 344 cm³/mol. The number of unbranched alkanes of at least 4 members (excludes halogenated alkanes) is 37. The summed E-state index contributed by atoms with van der Waals surface area (Å²) in [5, 5.41) is 0. The zero-order valence-corrected chi connectivity index (χ0v) is 52.4. The monoisotopic (exact) mass is 1100 g/mol. The number of esters is 3. The quantitative estimate of drug-likeness (QED) is 0.0261. The van der Waals surface area contributed by atoms with Gasteiger partial charge in [0.15, 0.2) is 6.10 Å². The first kappa shape index (κ1) is 75.6. The lowest BCUT2D eigenvalue weighted by atomic mass is 10.0. The van der Waals surface area contributed by atoms with Crippen LogP contribution >= 0.6 is 0 Å². The number of carbonyl (C=O) groups excluding carboxylic acids is 3. The zero-order chi connectivity index (χ0) is 57.1. The van der Waals surface area contributed by atoms with E-state index in [9.17, 15) is 14.4 Å². The molecule has 0 N–H and O–H groups in total. The van der Waals surface area contributed by atoms with Gasteiger partial charge in [0, 0.05) is 19.3 Å². The van der Waals surface area contributed by atoms with Crippen LogP contribution in [-0.4, -0.2) is 37.2 Å². The van der Waals surface area contributed by atoms with Crippen molar-refractivity contribution in [3.8, 4) is 0 Å². The Balaban J connectivity index is 4.39. The van der Waals surface area contributed by atoms with E-state index in [1.165, 1.54) is 218 Å². The molecule has 1 unspecified atom stereocenters. The van der Waals surface area contributed by atoms with Crippen LogP contribution in [0, 0.1) is 0 Å². The highest BCUT2D eigenvalue weighted by atomic mass is 16.6. The van der Waals surface area contributed by atoms with Crippen LogP contribution in [-0.2, 0) is 28.6 Å². The molecule has 6 heteroatoms. The first-order valence-corrected chi connectivity index (χ1v) is 34.1. The van der Waals surface area contributed by atoms with Gasteiger partial charge in [-0.25, -0.2) is 0 Å². The van der Waals surface area contributed by atoms with E-state index >= 15 is 0 Å². The molecule has 0 radical (unpaired) electrons. The summed E-state index contributed by atoms with van der Waals surface area (Å²) < 4.78 is 16.9. The van der Waals surface area contributed by atoms with E-state index in [1.54, 1.807) is 0 Å². The molecule has 0 fully saturated rings. The summed E-state index contributed by atoms with van der Waals surface area (Å²) in [4.78, 5) is 38.4. The van der Waals surface area contributed by atoms with Gasteiger partial charge in [-0.05, 0) is 83.5 Å². The van der Waals surface area contributed by atoms with Crippen LogP contribution in [0.2, 0.25) is 0 Å². The minimum Gasteiger partial charge on any atom is -0.462 e. The molecular formula is C73H128O6.